The molecule has 1 amide bonds. The minimum atomic E-state index is -0.154. The summed E-state index contributed by atoms with van der Waals surface area (Å²) in [5.41, 5.74) is 2.91. The lowest BCUT2D eigenvalue weighted by Crippen LogP contribution is -2.37. The monoisotopic (exact) mass is 393 g/mol. The maximum absolute atomic E-state index is 12.4. The fraction of sp³-hybridized carbons (Fsp3) is 0.350. The summed E-state index contributed by atoms with van der Waals surface area (Å²) in [6.45, 7) is 5.97. The molecule has 0 atom stereocenters. The number of aromatic nitrogens is 4. The summed E-state index contributed by atoms with van der Waals surface area (Å²) < 4.78 is 5.40. The molecule has 1 aliphatic rings. The summed E-state index contributed by atoms with van der Waals surface area (Å²) in [6, 6.07) is 7.26. The largest absolute Gasteiger partial charge is 0.378 e. The number of rotatable bonds is 6. The van der Waals surface area contributed by atoms with Gasteiger partial charge in [0.05, 0.1) is 24.2 Å². The van der Waals surface area contributed by atoms with Gasteiger partial charge < -0.3 is 20.3 Å². The molecule has 3 heterocycles. The zero-order valence-electron chi connectivity index (χ0n) is 16.3. The number of amides is 1. The Morgan fingerprint density at radius 2 is 1.86 bits per heavy atom. The van der Waals surface area contributed by atoms with E-state index in [2.05, 4.69) is 35.5 Å². The standard InChI is InChI=1S/C20H23N7O2/c1-14-12-18(27-8-10-29-11-9-27)26-20(25-14)24-7-6-23-19(28)15-2-3-16-17(13-15)22-5-4-21-16/h2-5,12-13H,6-11H2,1H3,(H,23,28)(H,24,25,26). The second-order valence-corrected chi connectivity index (χ2v) is 6.73. The quantitative estimate of drug-likeness (QED) is 0.606. The average Bonchev–Trinajstić information content (AvgIpc) is 2.76. The highest BCUT2D eigenvalue weighted by molar-refractivity contribution is 5.97. The molecule has 29 heavy (non-hydrogen) atoms. The molecule has 1 aromatic carbocycles. The van der Waals surface area contributed by atoms with Gasteiger partial charge in [-0.2, -0.15) is 4.98 Å². The molecular formula is C20H23N7O2. The number of hydrogen-bond acceptors (Lipinski definition) is 8. The molecule has 2 aromatic heterocycles. The number of anilines is 2. The predicted molar refractivity (Wildman–Crippen MR) is 110 cm³/mol. The van der Waals surface area contributed by atoms with Crippen LogP contribution in [0.4, 0.5) is 11.8 Å². The van der Waals surface area contributed by atoms with Crippen LogP contribution < -0.4 is 15.5 Å². The van der Waals surface area contributed by atoms with Crippen LogP contribution in [0.1, 0.15) is 16.1 Å². The Morgan fingerprint density at radius 3 is 2.69 bits per heavy atom. The maximum atomic E-state index is 12.4. The van der Waals surface area contributed by atoms with Gasteiger partial charge in [0.2, 0.25) is 5.95 Å². The SMILES string of the molecule is Cc1cc(N2CCOCC2)nc(NCCNC(=O)c2ccc3nccnc3c2)n1. The van der Waals surface area contributed by atoms with Crippen molar-refractivity contribution in [2.75, 3.05) is 49.6 Å². The van der Waals surface area contributed by atoms with E-state index >= 15 is 0 Å². The Kier molecular flexibility index (Phi) is 5.76. The topological polar surface area (TPSA) is 105 Å². The zero-order chi connectivity index (χ0) is 20.1. The molecule has 1 fully saturated rings. The predicted octanol–water partition coefficient (Wildman–Crippen LogP) is 1.41. The van der Waals surface area contributed by atoms with Crippen molar-refractivity contribution in [1.82, 2.24) is 25.3 Å². The summed E-state index contributed by atoms with van der Waals surface area (Å²) >= 11 is 0. The molecule has 1 aliphatic heterocycles. The Hall–Kier alpha value is -3.33. The lowest BCUT2D eigenvalue weighted by atomic mass is 10.2. The summed E-state index contributed by atoms with van der Waals surface area (Å²) in [5.74, 6) is 1.30. The molecule has 2 N–H and O–H groups in total. The molecule has 3 aromatic rings. The van der Waals surface area contributed by atoms with E-state index in [4.69, 9.17) is 4.74 Å². The van der Waals surface area contributed by atoms with Gasteiger partial charge in [-0.15, -0.1) is 0 Å². The molecule has 4 rings (SSSR count). The number of benzene rings is 1. The van der Waals surface area contributed by atoms with Gasteiger partial charge in [0, 0.05) is 55.9 Å². The Bertz CT molecular complexity index is 1010. The number of morpholine rings is 1. The van der Waals surface area contributed by atoms with E-state index < -0.39 is 0 Å². The van der Waals surface area contributed by atoms with Gasteiger partial charge in [-0.25, -0.2) is 4.98 Å². The van der Waals surface area contributed by atoms with Gasteiger partial charge in [-0.3, -0.25) is 14.8 Å². The van der Waals surface area contributed by atoms with Gasteiger partial charge in [0.15, 0.2) is 0 Å². The van der Waals surface area contributed by atoms with Crippen molar-refractivity contribution in [1.29, 1.82) is 0 Å². The Balaban J connectivity index is 1.31. The summed E-state index contributed by atoms with van der Waals surface area (Å²) in [4.78, 5) is 32.0. The van der Waals surface area contributed by atoms with Crippen LogP contribution >= 0.6 is 0 Å². The fourth-order valence-corrected chi connectivity index (χ4v) is 3.14. The number of carbonyl (C=O) groups excluding carboxylic acids is 1. The third kappa shape index (κ3) is 4.75. The smallest absolute Gasteiger partial charge is 0.251 e. The lowest BCUT2D eigenvalue weighted by molar-refractivity contribution is 0.0955. The fourth-order valence-electron chi connectivity index (χ4n) is 3.14. The highest BCUT2D eigenvalue weighted by Gasteiger charge is 2.14. The summed E-state index contributed by atoms with van der Waals surface area (Å²) in [5, 5.41) is 6.08. The highest BCUT2D eigenvalue weighted by atomic mass is 16.5. The van der Waals surface area contributed by atoms with Gasteiger partial charge in [-0.1, -0.05) is 0 Å². The van der Waals surface area contributed by atoms with Crippen LogP contribution in [0.15, 0.2) is 36.7 Å². The van der Waals surface area contributed by atoms with E-state index in [-0.39, 0.29) is 5.91 Å². The van der Waals surface area contributed by atoms with E-state index in [0.29, 0.717) is 43.3 Å². The average molecular weight is 393 g/mol. The van der Waals surface area contributed by atoms with Crippen molar-refractivity contribution < 1.29 is 9.53 Å². The third-order valence-corrected chi connectivity index (χ3v) is 4.60. The molecule has 9 heteroatoms. The number of hydrogen-bond donors (Lipinski definition) is 2. The van der Waals surface area contributed by atoms with Gasteiger partial charge in [0.1, 0.15) is 5.82 Å². The molecule has 9 nitrogen and oxygen atoms in total. The Labute approximate surface area is 168 Å². The minimum absolute atomic E-state index is 0.154. The van der Waals surface area contributed by atoms with Crippen LogP contribution in [0.3, 0.4) is 0 Å². The number of ether oxygens (including phenoxy) is 1. The normalized spacial score (nSPS) is 14.0. The summed E-state index contributed by atoms with van der Waals surface area (Å²) in [7, 11) is 0. The Morgan fingerprint density at radius 1 is 1.07 bits per heavy atom. The first-order valence-corrected chi connectivity index (χ1v) is 9.60. The summed E-state index contributed by atoms with van der Waals surface area (Å²) in [6.07, 6.45) is 3.24. The number of fused-ring (bicyclic) bond motifs is 1. The van der Waals surface area contributed by atoms with Crippen LogP contribution in [0.25, 0.3) is 11.0 Å². The van der Waals surface area contributed by atoms with E-state index in [1.165, 1.54) is 0 Å². The van der Waals surface area contributed by atoms with Gasteiger partial charge >= 0.3 is 0 Å². The van der Waals surface area contributed by atoms with Crippen molar-refractivity contribution in [3.8, 4) is 0 Å². The first kappa shape index (κ1) is 19.0. The molecule has 0 spiro atoms. The van der Waals surface area contributed by atoms with Crippen LogP contribution in [0.5, 0.6) is 0 Å². The van der Waals surface area contributed by atoms with Crippen molar-refractivity contribution in [3.63, 3.8) is 0 Å². The van der Waals surface area contributed by atoms with Crippen LogP contribution in [0.2, 0.25) is 0 Å². The molecule has 1 saturated heterocycles. The number of aryl methyl sites for hydroxylation is 1. The van der Waals surface area contributed by atoms with Crippen molar-refractivity contribution in [3.05, 3.63) is 47.9 Å². The van der Waals surface area contributed by atoms with Gasteiger partial charge in [-0.05, 0) is 25.1 Å². The minimum Gasteiger partial charge on any atom is -0.378 e. The van der Waals surface area contributed by atoms with Crippen molar-refractivity contribution in [2.24, 2.45) is 0 Å². The first-order valence-electron chi connectivity index (χ1n) is 9.60. The number of nitrogens with zero attached hydrogens (tertiary/aromatic N) is 5. The molecule has 0 saturated carbocycles. The molecule has 0 aliphatic carbocycles. The third-order valence-electron chi connectivity index (χ3n) is 4.60. The lowest BCUT2D eigenvalue weighted by Gasteiger charge is -2.28. The van der Waals surface area contributed by atoms with E-state index in [9.17, 15) is 4.79 Å². The number of carbonyl (C=O) groups is 1. The van der Waals surface area contributed by atoms with E-state index in [1.54, 1.807) is 30.6 Å². The van der Waals surface area contributed by atoms with E-state index in [0.717, 1.165) is 30.1 Å². The molecule has 0 unspecified atom stereocenters. The van der Waals surface area contributed by atoms with Crippen molar-refractivity contribution >= 4 is 28.7 Å². The van der Waals surface area contributed by atoms with Crippen LogP contribution in [0, 0.1) is 6.92 Å². The molecule has 0 radical (unpaired) electrons. The zero-order valence-corrected chi connectivity index (χ0v) is 16.3. The van der Waals surface area contributed by atoms with Crippen molar-refractivity contribution in [2.45, 2.75) is 6.92 Å². The van der Waals surface area contributed by atoms with Crippen LogP contribution in [-0.2, 0) is 4.74 Å². The maximum Gasteiger partial charge on any atom is 0.251 e. The second kappa shape index (κ2) is 8.78. The van der Waals surface area contributed by atoms with E-state index in [1.807, 2.05) is 13.0 Å². The highest BCUT2D eigenvalue weighted by Crippen LogP contribution is 2.16. The van der Waals surface area contributed by atoms with Gasteiger partial charge in [0.25, 0.3) is 5.91 Å². The number of nitrogens with one attached hydrogen (secondary N) is 2. The second-order valence-electron chi connectivity index (χ2n) is 6.73. The van der Waals surface area contributed by atoms with Crippen LogP contribution in [-0.4, -0.2) is 65.2 Å². The molecule has 0 bridgehead atoms. The first-order chi connectivity index (χ1) is 14.2. The molecule has 150 valence electrons. The molecular weight excluding hydrogens is 370 g/mol.